The SMILES string of the molecule is O=S(=O)(c1cc(F)ccc1F)N1CCN(c2ccc(C(F)(F)F)cn2)CC1. The Hall–Kier alpha value is -2.27. The highest BCUT2D eigenvalue weighted by Crippen LogP contribution is 2.30. The van der Waals surface area contributed by atoms with Crippen LogP contribution in [-0.4, -0.2) is 43.9 Å². The summed E-state index contributed by atoms with van der Waals surface area (Å²) in [5.74, 6) is -1.65. The minimum atomic E-state index is -4.49. The molecule has 0 N–H and O–H groups in total. The van der Waals surface area contributed by atoms with Crippen molar-refractivity contribution in [1.82, 2.24) is 9.29 Å². The number of piperazine rings is 1. The lowest BCUT2D eigenvalue weighted by molar-refractivity contribution is -0.137. The molecule has 0 bridgehead atoms. The summed E-state index contributed by atoms with van der Waals surface area (Å²) >= 11 is 0. The number of benzene rings is 1. The number of rotatable bonds is 3. The molecule has 146 valence electrons. The summed E-state index contributed by atoms with van der Waals surface area (Å²) in [5, 5.41) is 0. The molecule has 2 aromatic rings. The Balaban J connectivity index is 1.72. The van der Waals surface area contributed by atoms with Gasteiger partial charge in [0.2, 0.25) is 10.0 Å². The van der Waals surface area contributed by atoms with Gasteiger partial charge in [0.15, 0.2) is 0 Å². The first-order valence-corrected chi connectivity index (χ1v) is 9.26. The fraction of sp³-hybridized carbons (Fsp3) is 0.312. The van der Waals surface area contributed by atoms with E-state index in [-0.39, 0.29) is 32.0 Å². The van der Waals surface area contributed by atoms with Gasteiger partial charge in [-0.2, -0.15) is 17.5 Å². The van der Waals surface area contributed by atoms with Gasteiger partial charge in [-0.25, -0.2) is 22.2 Å². The minimum Gasteiger partial charge on any atom is -0.354 e. The number of hydrogen-bond donors (Lipinski definition) is 0. The summed E-state index contributed by atoms with van der Waals surface area (Å²) in [4.78, 5) is 4.64. The smallest absolute Gasteiger partial charge is 0.354 e. The van der Waals surface area contributed by atoms with E-state index in [1.807, 2.05) is 0 Å². The molecular formula is C16H14F5N3O2S. The molecule has 1 saturated heterocycles. The molecule has 3 rings (SSSR count). The maximum atomic E-state index is 13.8. The van der Waals surface area contributed by atoms with Gasteiger partial charge in [-0.1, -0.05) is 0 Å². The molecule has 1 fully saturated rings. The van der Waals surface area contributed by atoms with E-state index in [0.29, 0.717) is 12.3 Å². The molecule has 1 aliphatic heterocycles. The Morgan fingerprint density at radius 3 is 2.19 bits per heavy atom. The molecule has 0 amide bonds. The number of aromatic nitrogens is 1. The summed E-state index contributed by atoms with van der Waals surface area (Å²) in [7, 11) is -4.22. The van der Waals surface area contributed by atoms with Crippen LogP contribution in [0.25, 0.3) is 0 Å². The fourth-order valence-corrected chi connectivity index (χ4v) is 4.21. The fourth-order valence-electron chi connectivity index (χ4n) is 2.71. The standard InChI is InChI=1S/C16H14F5N3O2S/c17-12-2-3-13(18)14(9-12)27(25,26)24-7-5-23(6-8-24)15-4-1-11(10-22-15)16(19,20)21/h1-4,9-10H,5-8H2. The van der Waals surface area contributed by atoms with Gasteiger partial charge in [0.1, 0.15) is 22.3 Å². The van der Waals surface area contributed by atoms with Crippen molar-refractivity contribution in [2.24, 2.45) is 0 Å². The lowest BCUT2D eigenvalue weighted by Gasteiger charge is -2.34. The van der Waals surface area contributed by atoms with Gasteiger partial charge in [-0.15, -0.1) is 0 Å². The van der Waals surface area contributed by atoms with Crippen LogP contribution in [0.1, 0.15) is 5.56 Å². The van der Waals surface area contributed by atoms with E-state index in [1.165, 1.54) is 6.07 Å². The summed E-state index contributed by atoms with van der Waals surface area (Å²) in [6, 6.07) is 4.29. The number of halogens is 5. The van der Waals surface area contributed by atoms with Crippen LogP contribution in [0.5, 0.6) is 0 Å². The zero-order chi connectivity index (χ0) is 19.8. The van der Waals surface area contributed by atoms with Crippen molar-refractivity contribution in [2.45, 2.75) is 11.1 Å². The van der Waals surface area contributed by atoms with E-state index in [1.54, 1.807) is 4.90 Å². The zero-order valence-electron chi connectivity index (χ0n) is 13.7. The van der Waals surface area contributed by atoms with Crippen molar-refractivity contribution < 1.29 is 30.4 Å². The van der Waals surface area contributed by atoms with E-state index in [9.17, 15) is 30.4 Å². The summed E-state index contributed by atoms with van der Waals surface area (Å²) in [5.41, 5.74) is -0.881. The molecule has 5 nitrogen and oxygen atoms in total. The van der Waals surface area contributed by atoms with Gasteiger partial charge in [0, 0.05) is 32.4 Å². The Bertz CT molecular complexity index is 924. The maximum absolute atomic E-state index is 13.8. The van der Waals surface area contributed by atoms with Gasteiger partial charge in [0.25, 0.3) is 0 Å². The number of nitrogens with zero attached hydrogens (tertiary/aromatic N) is 3. The lowest BCUT2D eigenvalue weighted by atomic mass is 10.2. The quantitative estimate of drug-likeness (QED) is 0.735. The number of alkyl halides is 3. The van der Waals surface area contributed by atoms with Crippen LogP contribution in [0.4, 0.5) is 27.8 Å². The van der Waals surface area contributed by atoms with Crippen LogP contribution >= 0.6 is 0 Å². The van der Waals surface area contributed by atoms with E-state index in [4.69, 9.17) is 0 Å². The van der Waals surface area contributed by atoms with Crippen LogP contribution in [-0.2, 0) is 16.2 Å². The van der Waals surface area contributed by atoms with Gasteiger partial charge < -0.3 is 4.90 Å². The van der Waals surface area contributed by atoms with E-state index < -0.39 is 38.3 Å². The average Bonchev–Trinajstić information content (AvgIpc) is 2.63. The third kappa shape index (κ3) is 4.03. The molecule has 1 aromatic heterocycles. The third-order valence-electron chi connectivity index (χ3n) is 4.15. The van der Waals surface area contributed by atoms with Crippen LogP contribution in [0.15, 0.2) is 41.4 Å². The van der Waals surface area contributed by atoms with Crippen molar-refractivity contribution in [3.05, 3.63) is 53.7 Å². The largest absolute Gasteiger partial charge is 0.417 e. The van der Waals surface area contributed by atoms with Crippen LogP contribution in [0, 0.1) is 11.6 Å². The van der Waals surface area contributed by atoms with Crippen LogP contribution in [0.3, 0.4) is 0 Å². The Morgan fingerprint density at radius 2 is 1.63 bits per heavy atom. The average molecular weight is 407 g/mol. The summed E-state index contributed by atoms with van der Waals surface area (Å²) < 4.78 is 90.9. The second kappa shape index (κ2) is 7.04. The normalized spacial score (nSPS) is 16.6. The molecule has 27 heavy (non-hydrogen) atoms. The molecule has 11 heteroatoms. The van der Waals surface area contributed by atoms with Crippen molar-refractivity contribution >= 4 is 15.8 Å². The van der Waals surface area contributed by atoms with Crippen molar-refractivity contribution in [3.8, 4) is 0 Å². The molecular weight excluding hydrogens is 393 g/mol. The molecule has 0 radical (unpaired) electrons. The zero-order valence-corrected chi connectivity index (χ0v) is 14.6. The second-order valence-electron chi connectivity index (χ2n) is 5.87. The first kappa shape index (κ1) is 19.5. The molecule has 1 aliphatic rings. The van der Waals surface area contributed by atoms with Crippen LogP contribution in [0.2, 0.25) is 0 Å². The highest BCUT2D eigenvalue weighted by Gasteiger charge is 2.33. The number of sulfonamides is 1. The Kier molecular flexibility index (Phi) is 5.08. The number of pyridine rings is 1. The second-order valence-corrected chi connectivity index (χ2v) is 7.78. The minimum absolute atomic E-state index is 0.0407. The first-order valence-electron chi connectivity index (χ1n) is 7.82. The molecule has 1 aromatic carbocycles. The van der Waals surface area contributed by atoms with Gasteiger partial charge in [0.05, 0.1) is 5.56 Å². The Morgan fingerprint density at radius 1 is 0.963 bits per heavy atom. The number of hydrogen-bond acceptors (Lipinski definition) is 4. The van der Waals surface area contributed by atoms with E-state index >= 15 is 0 Å². The summed E-state index contributed by atoms with van der Waals surface area (Å²) in [6.07, 6.45) is -3.78. The van der Waals surface area contributed by atoms with Gasteiger partial charge in [-0.05, 0) is 30.3 Å². The monoisotopic (exact) mass is 407 g/mol. The van der Waals surface area contributed by atoms with E-state index in [2.05, 4.69) is 4.98 Å². The van der Waals surface area contributed by atoms with Gasteiger partial charge >= 0.3 is 6.18 Å². The van der Waals surface area contributed by atoms with Gasteiger partial charge in [-0.3, -0.25) is 0 Å². The van der Waals surface area contributed by atoms with Crippen molar-refractivity contribution in [3.63, 3.8) is 0 Å². The van der Waals surface area contributed by atoms with Crippen molar-refractivity contribution in [2.75, 3.05) is 31.1 Å². The topological polar surface area (TPSA) is 53.5 Å². The third-order valence-corrected chi connectivity index (χ3v) is 6.06. The molecule has 0 unspecified atom stereocenters. The summed E-state index contributed by atoms with van der Waals surface area (Å²) in [6.45, 7) is 0.213. The highest BCUT2D eigenvalue weighted by molar-refractivity contribution is 7.89. The molecule has 0 saturated carbocycles. The number of anilines is 1. The van der Waals surface area contributed by atoms with Crippen LogP contribution < -0.4 is 4.90 Å². The Labute approximate surface area is 152 Å². The maximum Gasteiger partial charge on any atom is 0.417 e. The predicted octanol–water partition coefficient (Wildman–Crippen LogP) is 2.89. The molecule has 2 heterocycles. The predicted molar refractivity (Wildman–Crippen MR) is 86.6 cm³/mol. The molecule has 0 atom stereocenters. The highest BCUT2D eigenvalue weighted by atomic mass is 32.2. The molecule has 0 spiro atoms. The molecule has 0 aliphatic carbocycles. The van der Waals surface area contributed by atoms with Crippen molar-refractivity contribution in [1.29, 1.82) is 0 Å². The van der Waals surface area contributed by atoms with E-state index in [0.717, 1.165) is 22.5 Å². The lowest BCUT2D eigenvalue weighted by Crippen LogP contribution is -2.49. The first-order chi connectivity index (χ1) is 12.6.